The Kier molecular flexibility index (Phi) is 11.5. The zero-order chi connectivity index (χ0) is 43.1. The van der Waals surface area contributed by atoms with E-state index in [1.54, 1.807) is 11.1 Å². The molecule has 0 saturated carbocycles. The van der Waals surface area contributed by atoms with Crippen LogP contribution in [0.5, 0.6) is 11.5 Å². The molecule has 8 rings (SSSR count). The van der Waals surface area contributed by atoms with Crippen LogP contribution in [-0.2, 0) is 19.1 Å². The summed E-state index contributed by atoms with van der Waals surface area (Å²) < 4.78 is 16.9. The van der Waals surface area contributed by atoms with Crippen molar-refractivity contribution in [1.82, 2.24) is 40.4 Å². The van der Waals surface area contributed by atoms with Gasteiger partial charge < -0.3 is 44.6 Å². The molecule has 3 aliphatic rings. The van der Waals surface area contributed by atoms with E-state index in [0.717, 1.165) is 87.4 Å². The number of rotatable bonds is 10. The van der Waals surface area contributed by atoms with Gasteiger partial charge in [0, 0.05) is 48.3 Å². The molecule has 2 saturated heterocycles. The van der Waals surface area contributed by atoms with Crippen molar-refractivity contribution in [2.24, 2.45) is 11.8 Å². The summed E-state index contributed by atoms with van der Waals surface area (Å²) in [7, 11) is 2.77. The van der Waals surface area contributed by atoms with Crippen LogP contribution in [-0.4, -0.2) is 93.1 Å². The first-order chi connectivity index (χ1) is 29.4. The van der Waals surface area contributed by atoms with Gasteiger partial charge in [-0.1, -0.05) is 65.0 Å². The van der Waals surface area contributed by atoms with Crippen molar-refractivity contribution in [1.29, 1.82) is 0 Å². The predicted molar refractivity (Wildman–Crippen MR) is 229 cm³/mol. The van der Waals surface area contributed by atoms with E-state index in [0.29, 0.717) is 18.9 Å². The molecule has 1 unspecified atom stereocenters. The summed E-state index contributed by atoms with van der Waals surface area (Å²) in [6.45, 7) is 10.9. The highest BCUT2D eigenvalue weighted by molar-refractivity contribution is 5.93. The smallest absolute Gasteiger partial charge is 0.407 e. The minimum Gasteiger partial charge on any atom is -0.457 e. The van der Waals surface area contributed by atoms with Crippen LogP contribution >= 0.6 is 0 Å². The molecule has 2 aromatic heterocycles. The Bertz CT molecular complexity index is 2470. The molecule has 2 fully saturated rings. The fraction of sp³-hybridized carbons (Fsp3) is 0.435. The molecule has 320 valence electrons. The van der Waals surface area contributed by atoms with Gasteiger partial charge in [-0.05, 0) is 66.5 Å². The standard InChI is InChI=1S/C46H54N8O7/c1-24(2)39(52-46(58)59-7)43(55)53-18-8-10-34(53)41-48-22-32(50-41)28-13-16-31-27(20-28)14-17-36-38(31)26(5)30-15-12-29(21-37(30)60-36)33-23-49-42(51-33)35-11-9-19-54(35)44(56)40(25(3)4)61-45(57)47-6/h12-17,20-26,34-35,39-40H,8-11,18-19H2,1-7H3,(H,47,57)(H,48,50)(H,49,51)(H,52,58)/t26?,34-,35-,39-,40-/m0/s1. The second kappa shape index (κ2) is 16.9. The minimum atomic E-state index is -0.891. The monoisotopic (exact) mass is 830 g/mol. The number of methoxy groups -OCH3 is 1. The number of ether oxygens (including phenoxy) is 3. The maximum atomic E-state index is 13.7. The van der Waals surface area contributed by atoms with E-state index in [4.69, 9.17) is 24.2 Å². The molecular formula is C46H54N8O7. The van der Waals surface area contributed by atoms with Gasteiger partial charge in [0.15, 0.2) is 6.10 Å². The van der Waals surface area contributed by atoms with Gasteiger partial charge in [0.25, 0.3) is 5.91 Å². The van der Waals surface area contributed by atoms with Crippen LogP contribution in [0.15, 0.2) is 60.9 Å². The van der Waals surface area contributed by atoms with E-state index in [1.807, 2.05) is 50.9 Å². The zero-order valence-corrected chi connectivity index (χ0v) is 35.7. The summed E-state index contributed by atoms with van der Waals surface area (Å²) in [5.41, 5.74) is 5.75. The largest absolute Gasteiger partial charge is 0.457 e. The van der Waals surface area contributed by atoms with E-state index < -0.39 is 24.3 Å². The average Bonchev–Trinajstić information content (AvgIpc) is 4.10. The number of amides is 4. The van der Waals surface area contributed by atoms with Crippen LogP contribution in [0.4, 0.5) is 9.59 Å². The van der Waals surface area contributed by atoms with Crippen molar-refractivity contribution >= 4 is 34.8 Å². The molecule has 3 aliphatic heterocycles. The number of nitrogens with zero attached hydrogens (tertiary/aromatic N) is 4. The van der Waals surface area contributed by atoms with E-state index >= 15 is 0 Å². The summed E-state index contributed by atoms with van der Waals surface area (Å²) >= 11 is 0. The first kappa shape index (κ1) is 41.4. The van der Waals surface area contributed by atoms with Gasteiger partial charge in [-0.3, -0.25) is 9.59 Å². The Balaban J connectivity index is 0.987. The predicted octanol–water partition coefficient (Wildman–Crippen LogP) is 7.97. The Hall–Kier alpha value is -6.38. The molecule has 5 atom stereocenters. The maximum absolute atomic E-state index is 13.7. The SMILES string of the molecule is CNC(=O)O[C@H](C(=O)N1CCC[C@H]1c1ncc(-c2ccc3c(c2)Oc2ccc4cc(-c5cnc([C@@H]6CCCN6C(=O)[C@@H](NC(=O)OC)C(C)C)[nH]5)ccc4c2C3C)[nH]1)C(C)C. The van der Waals surface area contributed by atoms with Crippen LogP contribution in [0.1, 0.15) is 101 Å². The van der Waals surface area contributed by atoms with Gasteiger partial charge >= 0.3 is 12.2 Å². The quantitative estimate of drug-likeness (QED) is 0.108. The molecular weight excluding hydrogens is 777 g/mol. The summed E-state index contributed by atoms with van der Waals surface area (Å²) in [5.74, 6) is 2.38. The number of nitrogens with one attached hydrogen (secondary N) is 4. The van der Waals surface area contributed by atoms with Crippen molar-refractivity contribution in [2.45, 2.75) is 90.4 Å². The Morgan fingerprint density at radius 2 is 1.41 bits per heavy atom. The number of aromatic amines is 2. The number of aromatic nitrogens is 4. The molecule has 0 aliphatic carbocycles. The number of hydrogen-bond donors (Lipinski definition) is 4. The number of fused-ring (bicyclic) bond motifs is 4. The number of imidazole rings is 2. The topological polar surface area (TPSA) is 184 Å². The number of H-pyrrole nitrogens is 2. The van der Waals surface area contributed by atoms with E-state index in [1.165, 1.54) is 14.2 Å². The molecule has 5 heterocycles. The lowest BCUT2D eigenvalue weighted by Gasteiger charge is -2.30. The highest BCUT2D eigenvalue weighted by Gasteiger charge is 2.40. The Morgan fingerprint density at radius 1 is 0.787 bits per heavy atom. The fourth-order valence-corrected chi connectivity index (χ4v) is 9.08. The molecule has 0 bridgehead atoms. The minimum absolute atomic E-state index is 0.0524. The average molecular weight is 831 g/mol. The highest BCUT2D eigenvalue weighted by Crippen LogP contribution is 2.48. The summed E-state index contributed by atoms with van der Waals surface area (Å²) in [4.78, 5) is 71.4. The van der Waals surface area contributed by atoms with Crippen molar-refractivity contribution < 1.29 is 33.4 Å². The Labute approximate surface area is 354 Å². The Morgan fingerprint density at radius 3 is 2.02 bits per heavy atom. The van der Waals surface area contributed by atoms with Crippen LogP contribution in [0, 0.1) is 11.8 Å². The first-order valence-electron chi connectivity index (χ1n) is 21.2. The maximum Gasteiger partial charge on any atom is 0.407 e. The van der Waals surface area contributed by atoms with Crippen molar-refractivity contribution in [3.63, 3.8) is 0 Å². The summed E-state index contributed by atoms with van der Waals surface area (Å²) in [5, 5.41) is 7.32. The van der Waals surface area contributed by atoms with E-state index in [-0.39, 0.29) is 41.7 Å². The van der Waals surface area contributed by atoms with Crippen LogP contribution in [0.2, 0.25) is 0 Å². The van der Waals surface area contributed by atoms with Crippen LogP contribution in [0.3, 0.4) is 0 Å². The van der Waals surface area contributed by atoms with Gasteiger partial charge in [0.1, 0.15) is 29.2 Å². The zero-order valence-electron chi connectivity index (χ0n) is 35.7. The molecule has 0 spiro atoms. The van der Waals surface area contributed by atoms with Gasteiger partial charge in [-0.15, -0.1) is 0 Å². The lowest BCUT2D eigenvalue weighted by molar-refractivity contribution is -0.143. The van der Waals surface area contributed by atoms with Gasteiger partial charge in [0.05, 0.1) is 43.0 Å². The molecule has 61 heavy (non-hydrogen) atoms. The third kappa shape index (κ3) is 7.88. The number of carbonyl (C=O) groups is 4. The number of hydrogen-bond acceptors (Lipinski definition) is 9. The molecule has 4 amide bonds. The normalized spacial score (nSPS) is 19.3. The fourth-order valence-electron chi connectivity index (χ4n) is 9.08. The van der Waals surface area contributed by atoms with Gasteiger partial charge in [-0.25, -0.2) is 19.6 Å². The van der Waals surface area contributed by atoms with E-state index in [9.17, 15) is 19.2 Å². The van der Waals surface area contributed by atoms with Crippen molar-refractivity contribution in [3.05, 3.63) is 83.7 Å². The number of carbonyl (C=O) groups excluding carboxylic acids is 4. The second-order valence-electron chi connectivity index (χ2n) is 16.9. The van der Waals surface area contributed by atoms with Crippen molar-refractivity contribution in [2.75, 3.05) is 27.2 Å². The van der Waals surface area contributed by atoms with Crippen LogP contribution < -0.4 is 15.4 Å². The highest BCUT2D eigenvalue weighted by atomic mass is 16.6. The molecule has 0 radical (unpaired) electrons. The van der Waals surface area contributed by atoms with Crippen molar-refractivity contribution in [3.8, 4) is 34.0 Å². The first-order valence-corrected chi connectivity index (χ1v) is 21.2. The molecule has 15 heteroatoms. The molecule has 3 aromatic carbocycles. The number of likely N-dealkylation sites (tertiary alicyclic amines) is 2. The molecule has 15 nitrogen and oxygen atoms in total. The number of benzene rings is 3. The van der Waals surface area contributed by atoms with E-state index in [2.05, 4.69) is 63.9 Å². The van der Waals surface area contributed by atoms with Gasteiger partial charge in [-0.2, -0.15) is 0 Å². The lowest BCUT2D eigenvalue weighted by atomic mass is 9.85. The summed E-state index contributed by atoms with van der Waals surface area (Å²) in [6, 6.07) is 15.5. The molecule has 4 N–H and O–H groups in total. The van der Waals surface area contributed by atoms with Crippen LogP contribution in [0.25, 0.3) is 33.3 Å². The molecule has 5 aromatic rings. The third-order valence-electron chi connectivity index (χ3n) is 12.3. The second-order valence-corrected chi connectivity index (χ2v) is 16.9. The third-order valence-corrected chi connectivity index (χ3v) is 12.3. The van der Waals surface area contributed by atoms with Gasteiger partial charge in [0.2, 0.25) is 5.91 Å². The number of alkyl carbamates (subject to hydrolysis) is 2. The summed E-state index contributed by atoms with van der Waals surface area (Å²) in [6.07, 6.45) is 4.65. The lowest BCUT2D eigenvalue weighted by Crippen LogP contribution is -2.51.